The predicted octanol–water partition coefficient (Wildman–Crippen LogP) is 3.19. The minimum Gasteiger partial charge on any atom is -0.356 e. The SMILES string of the molecule is CN=C(NCCC(=O)NC1CCCCC1)N1CC=C(c2ccccc2)CC1. The van der Waals surface area contributed by atoms with E-state index in [1.165, 1.54) is 30.4 Å². The molecule has 0 aromatic heterocycles. The van der Waals surface area contributed by atoms with Gasteiger partial charge in [0, 0.05) is 39.1 Å². The fourth-order valence-electron chi connectivity index (χ4n) is 3.94. The van der Waals surface area contributed by atoms with Gasteiger partial charge in [-0.2, -0.15) is 0 Å². The summed E-state index contributed by atoms with van der Waals surface area (Å²) >= 11 is 0. The van der Waals surface area contributed by atoms with Crippen LogP contribution in [-0.4, -0.2) is 49.5 Å². The number of rotatable bonds is 5. The van der Waals surface area contributed by atoms with Gasteiger partial charge in [-0.25, -0.2) is 0 Å². The molecule has 146 valence electrons. The van der Waals surface area contributed by atoms with Crippen molar-refractivity contribution in [2.75, 3.05) is 26.7 Å². The molecule has 1 heterocycles. The minimum absolute atomic E-state index is 0.148. The smallest absolute Gasteiger partial charge is 0.221 e. The second kappa shape index (κ2) is 10.1. The molecule has 0 unspecified atom stereocenters. The molecule has 0 atom stereocenters. The van der Waals surface area contributed by atoms with Gasteiger partial charge < -0.3 is 15.5 Å². The van der Waals surface area contributed by atoms with Crippen LogP contribution in [0.2, 0.25) is 0 Å². The van der Waals surface area contributed by atoms with E-state index in [9.17, 15) is 4.79 Å². The van der Waals surface area contributed by atoms with E-state index in [1.54, 1.807) is 7.05 Å². The number of amides is 1. The first-order valence-corrected chi connectivity index (χ1v) is 10.3. The van der Waals surface area contributed by atoms with Gasteiger partial charge in [-0.1, -0.05) is 55.7 Å². The lowest BCUT2D eigenvalue weighted by Crippen LogP contribution is -2.45. The van der Waals surface area contributed by atoms with Gasteiger partial charge in [0.25, 0.3) is 0 Å². The van der Waals surface area contributed by atoms with E-state index in [0.717, 1.165) is 38.3 Å². The zero-order chi connectivity index (χ0) is 18.9. The van der Waals surface area contributed by atoms with Crippen molar-refractivity contribution in [3.8, 4) is 0 Å². The third-order valence-corrected chi connectivity index (χ3v) is 5.47. The Kier molecular flexibility index (Phi) is 7.31. The Morgan fingerprint density at radius 2 is 1.96 bits per heavy atom. The summed E-state index contributed by atoms with van der Waals surface area (Å²) in [6.45, 7) is 2.41. The fourth-order valence-corrected chi connectivity index (χ4v) is 3.94. The first-order chi connectivity index (χ1) is 13.3. The summed E-state index contributed by atoms with van der Waals surface area (Å²) in [6.07, 6.45) is 9.82. The molecule has 1 aliphatic heterocycles. The molecule has 0 radical (unpaired) electrons. The number of hydrogen-bond donors (Lipinski definition) is 2. The third kappa shape index (κ3) is 5.84. The summed E-state index contributed by atoms with van der Waals surface area (Å²) in [5.41, 5.74) is 2.70. The molecule has 2 N–H and O–H groups in total. The lowest BCUT2D eigenvalue weighted by atomic mass is 9.95. The molecule has 1 aromatic carbocycles. The van der Waals surface area contributed by atoms with Crippen molar-refractivity contribution in [3.05, 3.63) is 42.0 Å². The van der Waals surface area contributed by atoms with E-state index >= 15 is 0 Å². The van der Waals surface area contributed by atoms with E-state index in [1.807, 2.05) is 0 Å². The zero-order valence-corrected chi connectivity index (χ0v) is 16.4. The highest BCUT2D eigenvalue weighted by molar-refractivity contribution is 5.82. The summed E-state index contributed by atoms with van der Waals surface area (Å²) in [6, 6.07) is 10.9. The maximum Gasteiger partial charge on any atom is 0.221 e. The number of hydrogen-bond acceptors (Lipinski definition) is 2. The van der Waals surface area contributed by atoms with Gasteiger partial charge in [0.05, 0.1) is 0 Å². The van der Waals surface area contributed by atoms with E-state index < -0.39 is 0 Å². The highest BCUT2D eigenvalue weighted by Gasteiger charge is 2.17. The fraction of sp³-hybridized carbons (Fsp3) is 0.545. The molecule has 2 aliphatic rings. The molecule has 1 fully saturated rings. The van der Waals surface area contributed by atoms with Crippen molar-refractivity contribution in [3.63, 3.8) is 0 Å². The second-order valence-electron chi connectivity index (χ2n) is 7.42. The molecular weight excluding hydrogens is 336 g/mol. The molecule has 5 nitrogen and oxygen atoms in total. The average Bonchev–Trinajstić information content (AvgIpc) is 2.73. The Bertz CT molecular complexity index is 662. The molecule has 27 heavy (non-hydrogen) atoms. The van der Waals surface area contributed by atoms with Crippen molar-refractivity contribution in [1.82, 2.24) is 15.5 Å². The van der Waals surface area contributed by atoms with Crippen molar-refractivity contribution in [2.24, 2.45) is 4.99 Å². The standard InChI is InChI=1S/C22H32N4O/c1-23-22(24-15-12-21(27)25-20-10-6-3-7-11-20)26-16-13-19(14-17-26)18-8-4-2-5-9-18/h2,4-5,8-9,13,20H,3,6-7,10-12,14-17H2,1H3,(H,23,24)(H,25,27). The minimum atomic E-state index is 0.148. The van der Waals surface area contributed by atoms with Gasteiger partial charge in [0.2, 0.25) is 5.91 Å². The van der Waals surface area contributed by atoms with Crippen LogP contribution in [0.4, 0.5) is 0 Å². The first-order valence-electron chi connectivity index (χ1n) is 10.3. The number of guanidine groups is 1. The van der Waals surface area contributed by atoms with Crippen LogP contribution in [0.15, 0.2) is 41.4 Å². The summed E-state index contributed by atoms with van der Waals surface area (Å²) in [4.78, 5) is 18.8. The van der Waals surface area contributed by atoms with Crippen molar-refractivity contribution in [1.29, 1.82) is 0 Å². The van der Waals surface area contributed by atoms with Crippen molar-refractivity contribution < 1.29 is 4.79 Å². The molecule has 1 aliphatic carbocycles. The Morgan fingerprint density at radius 1 is 1.19 bits per heavy atom. The Morgan fingerprint density at radius 3 is 2.63 bits per heavy atom. The Balaban J connectivity index is 1.42. The van der Waals surface area contributed by atoms with Crippen molar-refractivity contribution >= 4 is 17.4 Å². The molecule has 0 spiro atoms. The maximum absolute atomic E-state index is 12.1. The lowest BCUT2D eigenvalue weighted by molar-refractivity contribution is -0.121. The second-order valence-corrected chi connectivity index (χ2v) is 7.42. The number of benzene rings is 1. The van der Waals surface area contributed by atoms with Crippen LogP contribution < -0.4 is 10.6 Å². The first kappa shape index (κ1) is 19.5. The Hall–Kier alpha value is -2.30. The molecular formula is C22H32N4O. The van der Waals surface area contributed by atoms with Crippen LogP contribution in [0.1, 0.15) is 50.5 Å². The van der Waals surface area contributed by atoms with Crippen LogP contribution in [0.5, 0.6) is 0 Å². The molecule has 0 bridgehead atoms. The van der Waals surface area contributed by atoms with Crippen molar-refractivity contribution in [2.45, 2.75) is 51.0 Å². The molecule has 1 saturated carbocycles. The van der Waals surface area contributed by atoms with Gasteiger partial charge in [0.15, 0.2) is 5.96 Å². The number of nitrogens with zero attached hydrogens (tertiary/aromatic N) is 2. The number of carbonyl (C=O) groups is 1. The highest BCUT2D eigenvalue weighted by atomic mass is 16.1. The maximum atomic E-state index is 12.1. The number of carbonyl (C=O) groups excluding carboxylic acids is 1. The topological polar surface area (TPSA) is 56.7 Å². The zero-order valence-electron chi connectivity index (χ0n) is 16.4. The largest absolute Gasteiger partial charge is 0.356 e. The molecule has 3 rings (SSSR count). The molecule has 5 heteroatoms. The normalized spacial score (nSPS) is 18.8. The van der Waals surface area contributed by atoms with Gasteiger partial charge >= 0.3 is 0 Å². The highest BCUT2D eigenvalue weighted by Crippen LogP contribution is 2.22. The van der Waals surface area contributed by atoms with Gasteiger partial charge in [-0.15, -0.1) is 0 Å². The predicted molar refractivity (Wildman–Crippen MR) is 112 cm³/mol. The molecule has 1 aromatic rings. The van der Waals surface area contributed by atoms with Crippen LogP contribution in [-0.2, 0) is 4.79 Å². The summed E-state index contributed by atoms with van der Waals surface area (Å²) < 4.78 is 0. The summed E-state index contributed by atoms with van der Waals surface area (Å²) in [7, 11) is 1.81. The van der Waals surface area contributed by atoms with E-state index in [0.29, 0.717) is 19.0 Å². The monoisotopic (exact) mass is 368 g/mol. The van der Waals surface area contributed by atoms with Gasteiger partial charge in [0.1, 0.15) is 0 Å². The Labute approximate surface area is 162 Å². The van der Waals surface area contributed by atoms with Crippen LogP contribution in [0, 0.1) is 0 Å². The van der Waals surface area contributed by atoms with E-state index in [4.69, 9.17) is 0 Å². The van der Waals surface area contributed by atoms with Crippen LogP contribution in [0.25, 0.3) is 5.57 Å². The van der Waals surface area contributed by atoms with E-state index in [-0.39, 0.29) is 5.91 Å². The lowest BCUT2D eigenvalue weighted by Gasteiger charge is -2.30. The van der Waals surface area contributed by atoms with Crippen LogP contribution in [0.3, 0.4) is 0 Å². The molecule has 1 amide bonds. The van der Waals surface area contributed by atoms with Crippen LogP contribution >= 0.6 is 0 Å². The average molecular weight is 369 g/mol. The van der Waals surface area contributed by atoms with Gasteiger partial charge in [-0.3, -0.25) is 9.79 Å². The van der Waals surface area contributed by atoms with Gasteiger partial charge in [-0.05, 0) is 30.4 Å². The number of aliphatic imine (C=N–C) groups is 1. The van der Waals surface area contributed by atoms with E-state index in [2.05, 4.69) is 56.9 Å². The quantitative estimate of drug-likeness (QED) is 0.620. The third-order valence-electron chi connectivity index (χ3n) is 5.47. The number of nitrogens with one attached hydrogen (secondary N) is 2. The molecule has 0 saturated heterocycles. The summed E-state index contributed by atoms with van der Waals surface area (Å²) in [5.74, 6) is 1.03. The summed E-state index contributed by atoms with van der Waals surface area (Å²) in [5, 5.41) is 6.52.